The van der Waals surface area contributed by atoms with Crippen molar-refractivity contribution in [2.24, 2.45) is 0 Å². The van der Waals surface area contributed by atoms with Crippen LogP contribution < -0.4 is 0 Å². The molecular formula is C12H7BrF3N. The van der Waals surface area contributed by atoms with Crippen LogP contribution >= 0.6 is 15.9 Å². The second kappa shape index (κ2) is 4.49. The zero-order valence-electron chi connectivity index (χ0n) is 8.50. The molecule has 0 saturated heterocycles. The van der Waals surface area contributed by atoms with E-state index in [1.54, 1.807) is 18.5 Å². The molecule has 0 unspecified atom stereocenters. The van der Waals surface area contributed by atoms with Gasteiger partial charge in [-0.05, 0) is 45.3 Å². The summed E-state index contributed by atoms with van der Waals surface area (Å²) in [6, 6.07) is 6.78. The van der Waals surface area contributed by atoms with Crippen molar-refractivity contribution in [3.8, 4) is 11.1 Å². The molecule has 0 amide bonds. The van der Waals surface area contributed by atoms with Crippen LogP contribution in [0.25, 0.3) is 11.1 Å². The van der Waals surface area contributed by atoms with E-state index in [0.717, 1.165) is 22.2 Å². The van der Waals surface area contributed by atoms with Gasteiger partial charge in [-0.3, -0.25) is 4.98 Å². The van der Waals surface area contributed by atoms with Crippen LogP contribution in [-0.2, 0) is 6.18 Å². The zero-order chi connectivity index (χ0) is 12.5. The highest BCUT2D eigenvalue weighted by molar-refractivity contribution is 9.10. The maximum absolute atomic E-state index is 12.4. The first-order valence-corrected chi connectivity index (χ1v) is 5.55. The molecule has 0 spiro atoms. The number of hydrogen-bond donors (Lipinski definition) is 0. The van der Waals surface area contributed by atoms with E-state index in [2.05, 4.69) is 20.9 Å². The molecule has 0 N–H and O–H groups in total. The number of nitrogens with zero attached hydrogens (tertiary/aromatic N) is 1. The average molecular weight is 302 g/mol. The van der Waals surface area contributed by atoms with Gasteiger partial charge in [-0.15, -0.1) is 0 Å². The Bertz CT molecular complexity index is 520. The summed E-state index contributed by atoms with van der Waals surface area (Å²) in [5.41, 5.74) is 0.882. The fourth-order valence-electron chi connectivity index (χ4n) is 1.45. The predicted octanol–water partition coefficient (Wildman–Crippen LogP) is 4.53. The Morgan fingerprint density at radius 3 is 2.18 bits per heavy atom. The van der Waals surface area contributed by atoms with Crippen molar-refractivity contribution in [3.63, 3.8) is 0 Å². The van der Waals surface area contributed by atoms with Crippen LogP contribution in [0.4, 0.5) is 13.2 Å². The van der Waals surface area contributed by atoms with Gasteiger partial charge in [-0.25, -0.2) is 0 Å². The SMILES string of the molecule is FC(F)(F)c1ccc(-c2ccncc2Br)cc1. The van der Waals surface area contributed by atoms with E-state index >= 15 is 0 Å². The van der Waals surface area contributed by atoms with E-state index in [-0.39, 0.29) is 0 Å². The first kappa shape index (κ1) is 12.1. The Balaban J connectivity index is 2.40. The summed E-state index contributed by atoms with van der Waals surface area (Å²) in [7, 11) is 0. The smallest absolute Gasteiger partial charge is 0.264 e. The third-order valence-corrected chi connectivity index (χ3v) is 2.93. The highest BCUT2D eigenvalue weighted by Gasteiger charge is 2.29. The molecule has 0 radical (unpaired) electrons. The predicted molar refractivity (Wildman–Crippen MR) is 62.4 cm³/mol. The van der Waals surface area contributed by atoms with Crippen molar-refractivity contribution in [3.05, 3.63) is 52.8 Å². The van der Waals surface area contributed by atoms with E-state index < -0.39 is 11.7 Å². The number of hydrogen-bond acceptors (Lipinski definition) is 1. The molecule has 0 fully saturated rings. The van der Waals surface area contributed by atoms with Crippen molar-refractivity contribution >= 4 is 15.9 Å². The second-order valence-corrected chi connectivity index (χ2v) is 4.28. The molecule has 17 heavy (non-hydrogen) atoms. The Hall–Kier alpha value is -1.36. The van der Waals surface area contributed by atoms with E-state index in [1.807, 2.05) is 0 Å². The molecule has 5 heteroatoms. The highest BCUT2D eigenvalue weighted by Crippen LogP contribution is 2.32. The van der Waals surface area contributed by atoms with Crippen LogP contribution in [-0.4, -0.2) is 4.98 Å². The second-order valence-electron chi connectivity index (χ2n) is 3.43. The van der Waals surface area contributed by atoms with Gasteiger partial charge in [0.15, 0.2) is 0 Å². The quantitative estimate of drug-likeness (QED) is 0.754. The van der Waals surface area contributed by atoms with Gasteiger partial charge in [0.05, 0.1) is 5.56 Å². The minimum absolute atomic E-state index is 0.647. The lowest BCUT2D eigenvalue weighted by molar-refractivity contribution is -0.137. The van der Waals surface area contributed by atoms with Crippen molar-refractivity contribution in [1.82, 2.24) is 4.98 Å². The van der Waals surface area contributed by atoms with E-state index in [9.17, 15) is 13.2 Å². The van der Waals surface area contributed by atoms with Gasteiger partial charge in [-0.1, -0.05) is 12.1 Å². The number of alkyl halides is 3. The van der Waals surface area contributed by atoms with Crippen LogP contribution in [0.15, 0.2) is 47.2 Å². The molecule has 2 aromatic rings. The van der Waals surface area contributed by atoms with Gasteiger partial charge in [0.1, 0.15) is 0 Å². The molecule has 1 heterocycles. The van der Waals surface area contributed by atoms with Crippen molar-refractivity contribution in [2.75, 3.05) is 0 Å². The number of halogens is 4. The molecule has 0 aliphatic heterocycles. The molecule has 1 nitrogen and oxygen atoms in total. The fraction of sp³-hybridized carbons (Fsp3) is 0.0833. The molecular weight excluding hydrogens is 295 g/mol. The van der Waals surface area contributed by atoms with Gasteiger partial charge >= 0.3 is 6.18 Å². The van der Waals surface area contributed by atoms with Gasteiger partial charge in [0, 0.05) is 16.9 Å². The van der Waals surface area contributed by atoms with Crippen LogP contribution in [0.5, 0.6) is 0 Å². The number of rotatable bonds is 1. The lowest BCUT2D eigenvalue weighted by Gasteiger charge is -2.08. The molecule has 1 aromatic carbocycles. The summed E-state index contributed by atoms with van der Waals surface area (Å²) in [5, 5.41) is 0. The maximum Gasteiger partial charge on any atom is 0.416 e. The van der Waals surface area contributed by atoms with E-state index in [4.69, 9.17) is 0 Å². The molecule has 1 aromatic heterocycles. The largest absolute Gasteiger partial charge is 0.416 e. The van der Waals surface area contributed by atoms with Crippen LogP contribution in [0, 0.1) is 0 Å². The number of aromatic nitrogens is 1. The van der Waals surface area contributed by atoms with Gasteiger partial charge in [-0.2, -0.15) is 13.2 Å². The summed E-state index contributed by atoms with van der Waals surface area (Å²) in [4.78, 5) is 3.90. The Morgan fingerprint density at radius 1 is 1.00 bits per heavy atom. The summed E-state index contributed by atoms with van der Waals surface area (Å²) in [6.45, 7) is 0. The Labute approximate surface area is 104 Å². The first-order valence-electron chi connectivity index (χ1n) is 4.75. The lowest BCUT2D eigenvalue weighted by atomic mass is 10.1. The van der Waals surface area contributed by atoms with E-state index in [0.29, 0.717) is 5.56 Å². The van der Waals surface area contributed by atoms with Gasteiger partial charge in [0.25, 0.3) is 0 Å². The third-order valence-electron chi connectivity index (χ3n) is 2.30. The minimum atomic E-state index is -4.30. The summed E-state index contributed by atoms with van der Waals surface area (Å²) >= 11 is 3.31. The lowest BCUT2D eigenvalue weighted by Crippen LogP contribution is -2.04. The molecule has 0 aliphatic rings. The molecule has 88 valence electrons. The molecule has 0 atom stereocenters. The normalized spacial score (nSPS) is 11.5. The van der Waals surface area contributed by atoms with E-state index in [1.165, 1.54) is 12.1 Å². The number of pyridine rings is 1. The summed E-state index contributed by atoms with van der Waals surface area (Å²) < 4.78 is 37.9. The molecule has 0 aliphatic carbocycles. The van der Waals surface area contributed by atoms with Crippen LogP contribution in [0.3, 0.4) is 0 Å². The maximum atomic E-state index is 12.4. The topological polar surface area (TPSA) is 12.9 Å². The van der Waals surface area contributed by atoms with Crippen molar-refractivity contribution in [1.29, 1.82) is 0 Å². The summed E-state index contributed by atoms with van der Waals surface area (Å²) in [6.07, 6.45) is -1.10. The fourth-order valence-corrected chi connectivity index (χ4v) is 1.93. The van der Waals surface area contributed by atoms with Crippen molar-refractivity contribution < 1.29 is 13.2 Å². The highest BCUT2D eigenvalue weighted by atomic mass is 79.9. The molecule has 0 saturated carbocycles. The molecule has 2 rings (SSSR count). The standard InChI is InChI=1S/C12H7BrF3N/c13-11-7-17-6-5-10(11)8-1-3-9(4-2-8)12(14,15)16/h1-7H. The molecule has 0 bridgehead atoms. The Morgan fingerprint density at radius 2 is 1.65 bits per heavy atom. The number of benzene rings is 1. The third kappa shape index (κ3) is 2.66. The zero-order valence-corrected chi connectivity index (χ0v) is 10.1. The summed E-state index contributed by atoms with van der Waals surface area (Å²) in [5.74, 6) is 0. The van der Waals surface area contributed by atoms with Crippen LogP contribution in [0.2, 0.25) is 0 Å². The van der Waals surface area contributed by atoms with Gasteiger partial charge < -0.3 is 0 Å². The van der Waals surface area contributed by atoms with Crippen LogP contribution in [0.1, 0.15) is 5.56 Å². The monoisotopic (exact) mass is 301 g/mol. The van der Waals surface area contributed by atoms with Crippen molar-refractivity contribution in [2.45, 2.75) is 6.18 Å². The minimum Gasteiger partial charge on any atom is -0.264 e. The average Bonchev–Trinajstić information content (AvgIpc) is 2.29. The first-order chi connectivity index (χ1) is 7.98. The van der Waals surface area contributed by atoms with Gasteiger partial charge in [0.2, 0.25) is 0 Å². The Kier molecular flexibility index (Phi) is 3.19.